The van der Waals surface area contributed by atoms with Gasteiger partial charge in [0.1, 0.15) is 12.4 Å². The fourth-order valence-electron chi connectivity index (χ4n) is 1.56. The number of ether oxygens (including phenoxy) is 1. The summed E-state index contributed by atoms with van der Waals surface area (Å²) in [5.74, 6) is -0.419. The Labute approximate surface area is 98.9 Å². The van der Waals surface area contributed by atoms with E-state index >= 15 is 0 Å². The monoisotopic (exact) mass is 235 g/mol. The molecule has 1 heterocycles. The van der Waals surface area contributed by atoms with Gasteiger partial charge in [-0.15, -0.1) is 5.06 Å². The van der Waals surface area contributed by atoms with Gasteiger partial charge in [0, 0.05) is 0 Å². The van der Waals surface area contributed by atoms with Crippen LogP contribution in [0, 0.1) is 0 Å². The van der Waals surface area contributed by atoms with Crippen LogP contribution in [-0.4, -0.2) is 43.1 Å². The van der Waals surface area contributed by atoms with Crippen LogP contribution in [0.5, 0.6) is 0 Å². The first kappa shape index (κ1) is 11.8. The van der Waals surface area contributed by atoms with Crippen LogP contribution in [0.25, 0.3) is 0 Å². The van der Waals surface area contributed by atoms with Crippen molar-refractivity contribution in [1.82, 2.24) is 5.06 Å². The maximum Gasteiger partial charge on any atom is 0.357 e. The van der Waals surface area contributed by atoms with Gasteiger partial charge in [0.25, 0.3) is 0 Å². The van der Waals surface area contributed by atoms with Gasteiger partial charge in [0.05, 0.1) is 25.3 Å². The molecule has 1 fully saturated rings. The highest BCUT2D eigenvalue weighted by Crippen LogP contribution is 2.07. The van der Waals surface area contributed by atoms with Gasteiger partial charge in [-0.25, -0.2) is 4.79 Å². The predicted molar refractivity (Wildman–Crippen MR) is 59.2 cm³/mol. The summed E-state index contributed by atoms with van der Waals surface area (Å²) >= 11 is 0. The van der Waals surface area contributed by atoms with E-state index in [0.717, 1.165) is 0 Å². The standard InChI is InChI=1S/C12H13NO4/c14-9-11-8-13(6-7-16-11)17-12(15)10-4-2-1-3-5-10/h1-5,9,11H,6-8H2/t11-/m1/s1. The highest BCUT2D eigenvalue weighted by Gasteiger charge is 2.23. The average Bonchev–Trinajstić information content (AvgIpc) is 2.40. The van der Waals surface area contributed by atoms with Gasteiger partial charge in [0.15, 0.2) is 0 Å². The normalized spacial score (nSPS) is 20.8. The fourth-order valence-corrected chi connectivity index (χ4v) is 1.56. The largest absolute Gasteiger partial charge is 0.368 e. The Balaban J connectivity index is 1.92. The molecule has 0 unspecified atom stereocenters. The van der Waals surface area contributed by atoms with Crippen molar-refractivity contribution < 1.29 is 19.2 Å². The molecule has 1 atom stereocenters. The molecule has 0 radical (unpaired) electrons. The number of nitrogens with zero attached hydrogens (tertiary/aromatic N) is 1. The van der Waals surface area contributed by atoms with Crippen LogP contribution in [0.4, 0.5) is 0 Å². The third kappa shape index (κ3) is 3.12. The molecule has 0 N–H and O–H groups in total. The van der Waals surface area contributed by atoms with E-state index in [1.54, 1.807) is 24.3 Å². The van der Waals surface area contributed by atoms with Crippen molar-refractivity contribution in [2.24, 2.45) is 0 Å². The molecule has 5 nitrogen and oxygen atoms in total. The Morgan fingerprint density at radius 2 is 2.18 bits per heavy atom. The summed E-state index contributed by atoms with van der Waals surface area (Å²) in [5, 5.41) is 1.46. The van der Waals surface area contributed by atoms with Crippen molar-refractivity contribution in [3.05, 3.63) is 35.9 Å². The first-order chi connectivity index (χ1) is 8.29. The van der Waals surface area contributed by atoms with Crippen LogP contribution in [-0.2, 0) is 14.4 Å². The van der Waals surface area contributed by atoms with Gasteiger partial charge >= 0.3 is 5.97 Å². The third-order valence-electron chi connectivity index (χ3n) is 2.43. The van der Waals surface area contributed by atoms with Crippen molar-refractivity contribution >= 4 is 12.3 Å². The first-order valence-electron chi connectivity index (χ1n) is 5.39. The van der Waals surface area contributed by atoms with E-state index in [1.165, 1.54) is 5.06 Å². The van der Waals surface area contributed by atoms with Crippen LogP contribution < -0.4 is 0 Å². The van der Waals surface area contributed by atoms with Crippen molar-refractivity contribution in [3.8, 4) is 0 Å². The number of aldehydes is 1. The second-order valence-electron chi connectivity index (χ2n) is 3.68. The molecule has 1 aliphatic rings. The van der Waals surface area contributed by atoms with E-state index in [0.29, 0.717) is 25.0 Å². The predicted octanol–water partition coefficient (Wildman–Crippen LogP) is 0.658. The van der Waals surface area contributed by atoms with Gasteiger partial charge in [0.2, 0.25) is 0 Å². The van der Waals surface area contributed by atoms with Crippen LogP contribution in [0.1, 0.15) is 10.4 Å². The highest BCUT2D eigenvalue weighted by atomic mass is 16.7. The molecule has 0 aliphatic carbocycles. The first-order valence-corrected chi connectivity index (χ1v) is 5.39. The summed E-state index contributed by atoms with van der Waals surface area (Å²) in [5.41, 5.74) is 0.488. The van der Waals surface area contributed by atoms with E-state index in [9.17, 15) is 9.59 Å². The molecule has 1 aromatic rings. The Morgan fingerprint density at radius 1 is 1.41 bits per heavy atom. The number of morpholine rings is 1. The van der Waals surface area contributed by atoms with E-state index in [1.807, 2.05) is 6.07 Å². The molecular formula is C12H13NO4. The topological polar surface area (TPSA) is 55.8 Å². The number of carbonyl (C=O) groups excluding carboxylic acids is 2. The van der Waals surface area contributed by atoms with Crippen LogP contribution in [0.15, 0.2) is 30.3 Å². The van der Waals surface area contributed by atoms with E-state index in [2.05, 4.69) is 0 Å². The zero-order chi connectivity index (χ0) is 12.1. The summed E-state index contributed by atoms with van der Waals surface area (Å²) in [7, 11) is 0. The van der Waals surface area contributed by atoms with Gasteiger partial charge in [-0.05, 0) is 12.1 Å². The molecule has 0 aromatic heterocycles. The number of hydrogen-bond donors (Lipinski definition) is 0. The van der Waals surface area contributed by atoms with Gasteiger partial charge in [-0.3, -0.25) is 0 Å². The van der Waals surface area contributed by atoms with E-state index in [4.69, 9.17) is 9.57 Å². The summed E-state index contributed by atoms with van der Waals surface area (Å²) in [4.78, 5) is 27.4. The van der Waals surface area contributed by atoms with Crippen LogP contribution in [0.3, 0.4) is 0 Å². The second kappa shape index (κ2) is 5.56. The Kier molecular flexibility index (Phi) is 3.85. The van der Waals surface area contributed by atoms with Gasteiger partial charge in [-0.1, -0.05) is 18.2 Å². The lowest BCUT2D eigenvalue weighted by Gasteiger charge is -2.28. The van der Waals surface area contributed by atoms with E-state index < -0.39 is 12.1 Å². The minimum atomic E-state index is -0.521. The number of benzene rings is 1. The quantitative estimate of drug-likeness (QED) is 0.720. The highest BCUT2D eigenvalue weighted by molar-refractivity contribution is 5.89. The molecule has 90 valence electrons. The Morgan fingerprint density at radius 3 is 2.88 bits per heavy atom. The lowest BCUT2D eigenvalue weighted by Crippen LogP contribution is -2.44. The van der Waals surface area contributed by atoms with Crippen LogP contribution in [0.2, 0.25) is 0 Å². The van der Waals surface area contributed by atoms with Crippen molar-refractivity contribution in [2.75, 3.05) is 19.7 Å². The molecule has 0 saturated carbocycles. The molecule has 5 heteroatoms. The molecule has 17 heavy (non-hydrogen) atoms. The lowest BCUT2D eigenvalue weighted by molar-refractivity contribution is -0.173. The number of hydrogen-bond acceptors (Lipinski definition) is 5. The summed E-state index contributed by atoms with van der Waals surface area (Å²) < 4.78 is 5.14. The SMILES string of the molecule is O=C[C@H]1CN(OC(=O)c2ccccc2)CCO1. The molecule has 1 aromatic carbocycles. The molecule has 1 aliphatic heterocycles. The van der Waals surface area contributed by atoms with E-state index in [-0.39, 0.29) is 6.54 Å². The minimum absolute atomic E-state index is 0.280. The van der Waals surface area contributed by atoms with Crippen LogP contribution >= 0.6 is 0 Å². The number of hydroxylamine groups is 2. The maximum absolute atomic E-state index is 11.7. The smallest absolute Gasteiger partial charge is 0.357 e. The number of rotatable bonds is 3. The number of carbonyl (C=O) groups is 2. The zero-order valence-electron chi connectivity index (χ0n) is 9.24. The second-order valence-corrected chi connectivity index (χ2v) is 3.68. The van der Waals surface area contributed by atoms with Crippen molar-refractivity contribution in [3.63, 3.8) is 0 Å². The summed E-state index contributed by atoms with van der Waals surface area (Å²) in [6, 6.07) is 8.72. The summed E-state index contributed by atoms with van der Waals surface area (Å²) in [6.07, 6.45) is 0.190. The zero-order valence-corrected chi connectivity index (χ0v) is 9.24. The molecule has 2 rings (SSSR count). The fraction of sp³-hybridized carbons (Fsp3) is 0.333. The van der Waals surface area contributed by atoms with Gasteiger partial charge in [-0.2, -0.15) is 0 Å². The molecule has 0 amide bonds. The molecule has 0 bridgehead atoms. The lowest BCUT2D eigenvalue weighted by atomic mass is 10.2. The maximum atomic E-state index is 11.7. The van der Waals surface area contributed by atoms with Crippen molar-refractivity contribution in [2.45, 2.75) is 6.10 Å². The summed E-state index contributed by atoms with van der Waals surface area (Å²) in [6.45, 7) is 1.14. The molecular weight excluding hydrogens is 222 g/mol. The molecule has 1 saturated heterocycles. The van der Waals surface area contributed by atoms with Gasteiger partial charge < -0.3 is 14.4 Å². The Bertz CT molecular complexity index is 393. The Hall–Kier alpha value is -1.72. The molecule has 0 spiro atoms. The van der Waals surface area contributed by atoms with Crippen molar-refractivity contribution in [1.29, 1.82) is 0 Å². The third-order valence-corrected chi connectivity index (χ3v) is 2.43. The average molecular weight is 235 g/mol. The minimum Gasteiger partial charge on any atom is -0.368 e.